The first-order valence-corrected chi connectivity index (χ1v) is 27.9. The molecule has 75 heavy (non-hydrogen) atoms. The lowest BCUT2D eigenvalue weighted by atomic mass is 9.70. The molecule has 380 valence electrons. The fraction of sp³-hybridized carbons (Fsp3) is 0.292. The summed E-state index contributed by atoms with van der Waals surface area (Å²) >= 11 is 6.18. The quantitative estimate of drug-likeness (QED) is 0.0736. The fourth-order valence-electron chi connectivity index (χ4n) is 13.6. The van der Waals surface area contributed by atoms with Gasteiger partial charge in [-0.05, 0) is 196 Å². The van der Waals surface area contributed by atoms with Crippen molar-refractivity contribution in [1.82, 2.24) is 0 Å². The number of ether oxygens (including phenoxy) is 2. The Balaban J connectivity index is 0.958. The third kappa shape index (κ3) is 9.21. The predicted octanol–water partition coefficient (Wildman–Crippen LogP) is 19.1. The van der Waals surface area contributed by atoms with Crippen molar-refractivity contribution in [1.29, 1.82) is 0 Å². The number of halogens is 6. The number of hydrogen-bond acceptors (Lipinski definition) is 4. The van der Waals surface area contributed by atoms with Crippen molar-refractivity contribution in [2.24, 2.45) is 29.1 Å². The van der Waals surface area contributed by atoms with E-state index in [1.807, 2.05) is 36.4 Å². The van der Waals surface area contributed by atoms with E-state index in [-0.39, 0.29) is 31.6 Å². The number of benzene rings is 8. The van der Waals surface area contributed by atoms with Crippen LogP contribution in [0.2, 0.25) is 0 Å². The molecular formula is C65H54Br2F4O4. The van der Waals surface area contributed by atoms with Crippen LogP contribution in [0.15, 0.2) is 142 Å². The van der Waals surface area contributed by atoms with Crippen LogP contribution in [0.4, 0.5) is 17.6 Å². The van der Waals surface area contributed by atoms with Crippen LogP contribution in [0.5, 0.6) is 11.5 Å². The summed E-state index contributed by atoms with van der Waals surface area (Å²) in [5.41, 5.74) is 5.83. The first kappa shape index (κ1) is 49.8. The van der Waals surface area contributed by atoms with E-state index in [1.165, 1.54) is 75.3 Å². The third-order valence-electron chi connectivity index (χ3n) is 17.5. The molecule has 12 rings (SSSR count). The molecule has 0 bridgehead atoms. The summed E-state index contributed by atoms with van der Waals surface area (Å²) in [6, 6.07) is 39.7. The lowest BCUT2D eigenvalue weighted by Gasteiger charge is -2.34. The van der Waals surface area contributed by atoms with Crippen molar-refractivity contribution in [3.8, 4) is 44.9 Å². The maximum absolute atomic E-state index is 15.4. The number of fused-ring (bicyclic) bond motifs is 5. The van der Waals surface area contributed by atoms with Gasteiger partial charge in [-0.15, -0.1) is 0 Å². The summed E-state index contributed by atoms with van der Waals surface area (Å²) in [7, 11) is 0. The summed E-state index contributed by atoms with van der Waals surface area (Å²) in [6.07, 6.45) is 12.5. The molecule has 4 nitrogen and oxygen atoms in total. The van der Waals surface area contributed by atoms with Gasteiger partial charge in [0.25, 0.3) is 0 Å². The molecule has 4 fully saturated rings. The van der Waals surface area contributed by atoms with E-state index in [9.17, 15) is 9.59 Å². The van der Waals surface area contributed by atoms with E-state index in [2.05, 4.69) is 94.2 Å². The van der Waals surface area contributed by atoms with Gasteiger partial charge in [0.2, 0.25) is 0 Å². The maximum atomic E-state index is 15.4. The topological polar surface area (TPSA) is 52.6 Å². The maximum Gasteiger partial charge on any atom is 0.349 e. The van der Waals surface area contributed by atoms with Gasteiger partial charge in [-0.2, -0.15) is 0 Å². The Morgan fingerprint density at radius 2 is 0.920 bits per heavy atom. The van der Waals surface area contributed by atoms with Gasteiger partial charge in [0, 0.05) is 20.1 Å². The van der Waals surface area contributed by atoms with Crippen molar-refractivity contribution in [2.75, 3.05) is 0 Å². The van der Waals surface area contributed by atoms with Gasteiger partial charge in [-0.3, -0.25) is 0 Å². The molecule has 8 aromatic carbocycles. The largest absolute Gasteiger partial charge is 0.422 e. The van der Waals surface area contributed by atoms with Crippen LogP contribution in [0.3, 0.4) is 0 Å². The number of carbonyl (C=O) groups excluding carboxylic acids is 2. The van der Waals surface area contributed by atoms with Crippen LogP contribution >= 0.6 is 31.9 Å². The van der Waals surface area contributed by atoms with Gasteiger partial charge in [-0.25, -0.2) is 27.2 Å². The molecule has 1 spiro atoms. The van der Waals surface area contributed by atoms with E-state index in [0.29, 0.717) is 38.8 Å². The average molecular weight is 1130 g/mol. The van der Waals surface area contributed by atoms with Gasteiger partial charge in [0.05, 0.1) is 0 Å². The molecule has 8 aromatic rings. The van der Waals surface area contributed by atoms with Gasteiger partial charge < -0.3 is 9.47 Å². The standard InChI is InChI=1S/C65H54Br2F4O4/c1-3-4-36-5-7-37(8-6-36)38-9-13-40(14-10-38)43-17-21-49-45(29-43)19-23-55(74-63(72)59-51(68)31-47(66)32-52(59)69)57(49)58-50-22-18-44(30-46(50)20-24-56(58)75-64(73)60-53(70)33-48(67)34-54(60)71)41-15-11-39(12-16-41)42-25-27-65(28-26-42)61-35(2)62(61)65/h9-24,29-37,42,61-62H,3-8,25-28H2,1-2H3/t35?,36-,37-,42?,61?,62?,65?. The van der Waals surface area contributed by atoms with Crippen LogP contribution in [-0.2, 0) is 0 Å². The Bertz CT molecular complexity index is 3520. The zero-order valence-corrected chi connectivity index (χ0v) is 44.8. The lowest BCUT2D eigenvalue weighted by molar-refractivity contribution is 0.0712. The Morgan fingerprint density at radius 3 is 1.32 bits per heavy atom. The number of rotatable bonds is 11. The van der Waals surface area contributed by atoms with Crippen LogP contribution in [0.25, 0.3) is 54.9 Å². The highest BCUT2D eigenvalue weighted by molar-refractivity contribution is 9.10. The Morgan fingerprint density at radius 1 is 0.520 bits per heavy atom. The van der Waals surface area contributed by atoms with Crippen molar-refractivity contribution < 1.29 is 36.6 Å². The highest BCUT2D eigenvalue weighted by Gasteiger charge is 2.80. The SMILES string of the molecule is CCC[C@H]1CC[C@H](c2ccc(-c3ccc4c(-c5c(OC(=O)c6c(F)cc(Br)cc6F)ccc6cc(-c7ccc(C8CCC9(CC8)C8C(C)C89)cc7)ccc56)c(OC(=O)c5c(F)cc(Br)cc5F)ccc4c3)cc2)CC1. The minimum absolute atomic E-state index is 0.0953. The smallest absolute Gasteiger partial charge is 0.349 e. The average Bonchev–Trinajstić information content (AvgIpc) is 4.44. The van der Waals surface area contributed by atoms with Crippen LogP contribution in [-0.4, -0.2) is 11.9 Å². The van der Waals surface area contributed by atoms with Crippen molar-refractivity contribution in [3.63, 3.8) is 0 Å². The van der Waals surface area contributed by atoms with Crippen LogP contribution in [0.1, 0.15) is 122 Å². The van der Waals surface area contributed by atoms with Gasteiger partial charge in [0.15, 0.2) is 0 Å². The van der Waals surface area contributed by atoms with Gasteiger partial charge in [-0.1, -0.05) is 143 Å². The predicted molar refractivity (Wildman–Crippen MR) is 295 cm³/mol. The van der Waals surface area contributed by atoms with E-state index < -0.39 is 46.3 Å². The van der Waals surface area contributed by atoms with Crippen molar-refractivity contribution >= 4 is 65.3 Å². The monoisotopic (exact) mass is 1130 g/mol. The molecule has 4 saturated carbocycles. The molecule has 10 heteroatoms. The molecule has 2 unspecified atom stereocenters. The summed E-state index contributed by atoms with van der Waals surface area (Å²) in [4.78, 5) is 28.0. The molecule has 2 atom stereocenters. The minimum Gasteiger partial charge on any atom is -0.422 e. The fourth-order valence-corrected chi connectivity index (χ4v) is 14.4. The number of hydrogen-bond donors (Lipinski definition) is 0. The van der Waals surface area contributed by atoms with E-state index in [0.717, 1.165) is 70.2 Å². The Hall–Kier alpha value is -6.10. The molecule has 4 aliphatic carbocycles. The second-order valence-electron chi connectivity index (χ2n) is 21.7. The molecule has 0 amide bonds. The summed E-state index contributed by atoms with van der Waals surface area (Å²) < 4.78 is 74.0. The third-order valence-corrected chi connectivity index (χ3v) is 18.4. The Kier molecular flexibility index (Phi) is 13.1. The van der Waals surface area contributed by atoms with Gasteiger partial charge >= 0.3 is 11.9 Å². The first-order chi connectivity index (χ1) is 36.3. The minimum atomic E-state index is -1.30. The number of esters is 2. The van der Waals surface area contributed by atoms with Crippen molar-refractivity contribution in [2.45, 2.75) is 89.9 Å². The van der Waals surface area contributed by atoms with E-state index in [1.54, 1.807) is 24.3 Å². The first-order valence-electron chi connectivity index (χ1n) is 26.4. The highest BCUT2D eigenvalue weighted by Crippen LogP contribution is 2.85. The normalized spacial score (nSPS) is 22.8. The van der Waals surface area contributed by atoms with E-state index >= 15 is 17.6 Å². The summed E-state index contributed by atoms with van der Waals surface area (Å²) in [5, 5.41) is 2.48. The zero-order valence-electron chi connectivity index (χ0n) is 41.6. The second kappa shape index (κ2) is 19.8. The zero-order chi connectivity index (χ0) is 51.9. The molecule has 0 N–H and O–H groups in total. The Labute approximate surface area is 451 Å². The lowest BCUT2D eigenvalue weighted by Crippen LogP contribution is -2.23. The summed E-state index contributed by atoms with van der Waals surface area (Å²) in [5.74, 6) is -2.62. The molecule has 0 aliphatic heterocycles. The molecule has 0 aromatic heterocycles. The molecule has 0 saturated heterocycles. The molecular weight excluding hydrogens is 1080 g/mol. The summed E-state index contributed by atoms with van der Waals surface area (Å²) in [6.45, 7) is 4.65. The molecule has 4 aliphatic rings. The number of carbonyl (C=O) groups is 2. The van der Waals surface area contributed by atoms with E-state index in [4.69, 9.17) is 9.47 Å². The molecule has 0 heterocycles. The highest BCUT2D eigenvalue weighted by atomic mass is 79.9. The van der Waals surface area contributed by atoms with Gasteiger partial charge in [0.1, 0.15) is 45.9 Å². The molecule has 0 radical (unpaired) electrons. The van der Waals surface area contributed by atoms with Crippen molar-refractivity contribution in [3.05, 3.63) is 188 Å². The van der Waals surface area contributed by atoms with Crippen LogP contribution in [0, 0.1) is 52.4 Å². The second-order valence-corrected chi connectivity index (χ2v) is 23.5. The van der Waals surface area contributed by atoms with Crippen LogP contribution < -0.4 is 9.47 Å².